The molecular weight excluding hydrogens is 361 g/mol. The minimum Gasteiger partial charge on any atom is -0.479 e. The van der Waals surface area contributed by atoms with E-state index >= 15 is 0 Å². The van der Waals surface area contributed by atoms with E-state index in [0.29, 0.717) is 16.7 Å². The maximum atomic E-state index is 12.9. The van der Waals surface area contributed by atoms with Crippen molar-refractivity contribution in [1.82, 2.24) is 0 Å². The van der Waals surface area contributed by atoms with Crippen LogP contribution in [0.3, 0.4) is 0 Å². The van der Waals surface area contributed by atoms with Crippen molar-refractivity contribution in [1.29, 1.82) is 0 Å². The fraction of sp³-hybridized carbons (Fsp3) is 0.158. The summed E-state index contributed by atoms with van der Waals surface area (Å²) < 4.78 is 23.7. The predicted molar refractivity (Wildman–Crippen MR) is 97.4 cm³/mol. The smallest absolute Gasteiger partial charge is 0.336 e. The highest BCUT2D eigenvalue weighted by molar-refractivity contribution is 6.32. The van der Waals surface area contributed by atoms with Crippen LogP contribution in [0.1, 0.15) is 12.5 Å². The second-order valence-electron chi connectivity index (χ2n) is 5.78. The largest absolute Gasteiger partial charge is 0.479 e. The molecule has 2 aromatic carbocycles. The third-order valence-corrected chi connectivity index (χ3v) is 4.08. The first kappa shape index (κ1) is 17.9. The zero-order chi connectivity index (χ0) is 18.8. The van der Waals surface area contributed by atoms with Gasteiger partial charge in [-0.25, -0.2) is 9.18 Å². The van der Waals surface area contributed by atoms with E-state index in [1.54, 1.807) is 19.9 Å². The Morgan fingerprint density at radius 3 is 2.62 bits per heavy atom. The van der Waals surface area contributed by atoms with Crippen molar-refractivity contribution in [2.45, 2.75) is 20.0 Å². The van der Waals surface area contributed by atoms with Crippen LogP contribution in [0.2, 0.25) is 5.02 Å². The van der Waals surface area contributed by atoms with Crippen LogP contribution in [0.25, 0.3) is 11.0 Å². The minimum absolute atomic E-state index is 0.217. The molecule has 0 saturated carbocycles. The molecule has 134 valence electrons. The number of anilines is 1. The Morgan fingerprint density at radius 1 is 1.23 bits per heavy atom. The third kappa shape index (κ3) is 3.86. The zero-order valence-electron chi connectivity index (χ0n) is 14.0. The summed E-state index contributed by atoms with van der Waals surface area (Å²) in [5, 5.41) is 3.59. The van der Waals surface area contributed by atoms with Crippen molar-refractivity contribution >= 4 is 34.2 Å². The second kappa shape index (κ2) is 7.17. The summed E-state index contributed by atoms with van der Waals surface area (Å²) in [5.41, 5.74) is 1.01. The lowest BCUT2D eigenvalue weighted by molar-refractivity contribution is -0.122. The first-order valence-electron chi connectivity index (χ1n) is 7.80. The van der Waals surface area contributed by atoms with E-state index in [4.69, 9.17) is 20.8 Å². The van der Waals surface area contributed by atoms with Crippen molar-refractivity contribution < 1.29 is 18.3 Å². The minimum atomic E-state index is -0.883. The third-order valence-electron chi connectivity index (χ3n) is 3.79. The molecule has 1 aromatic heterocycles. The highest BCUT2D eigenvalue weighted by Gasteiger charge is 2.18. The summed E-state index contributed by atoms with van der Waals surface area (Å²) in [6.07, 6.45) is -0.883. The van der Waals surface area contributed by atoms with E-state index in [-0.39, 0.29) is 10.8 Å². The number of rotatable bonds is 4. The molecule has 0 fully saturated rings. The molecule has 1 amide bonds. The number of carbonyl (C=O) groups excluding carboxylic acids is 1. The molecular formula is C19H15ClFNO4. The Labute approximate surface area is 153 Å². The van der Waals surface area contributed by atoms with Crippen molar-refractivity contribution in [3.05, 3.63) is 69.3 Å². The number of aryl methyl sites for hydroxylation is 1. The summed E-state index contributed by atoms with van der Waals surface area (Å²) in [4.78, 5) is 23.8. The molecule has 0 aliphatic rings. The molecule has 1 atom stereocenters. The van der Waals surface area contributed by atoms with E-state index in [1.165, 1.54) is 36.4 Å². The summed E-state index contributed by atoms with van der Waals surface area (Å²) in [6.45, 7) is 3.32. The molecule has 5 nitrogen and oxygen atoms in total. The van der Waals surface area contributed by atoms with E-state index < -0.39 is 23.5 Å². The standard InChI is InChI=1S/C19H15ClFNO4/c1-10-7-18(23)26-16-9-17(15(20)8-14(10)16)25-11(2)19(24)22-13-5-3-12(21)4-6-13/h3-9,11H,1-2H3,(H,22,24)/t11-/m1/s1. The molecule has 0 aliphatic heterocycles. The van der Waals surface area contributed by atoms with Crippen molar-refractivity contribution in [3.8, 4) is 5.75 Å². The number of halogens is 2. The summed E-state index contributed by atoms with van der Waals surface area (Å²) in [7, 11) is 0. The van der Waals surface area contributed by atoms with Crippen LogP contribution in [0.5, 0.6) is 5.75 Å². The van der Waals surface area contributed by atoms with Gasteiger partial charge >= 0.3 is 5.63 Å². The quantitative estimate of drug-likeness (QED) is 0.690. The van der Waals surface area contributed by atoms with Crippen LogP contribution in [0, 0.1) is 12.7 Å². The lowest BCUT2D eigenvalue weighted by Crippen LogP contribution is -2.30. The summed E-state index contributed by atoms with van der Waals surface area (Å²) in [6, 6.07) is 9.85. The molecule has 3 aromatic rings. The van der Waals surface area contributed by atoms with Gasteiger partial charge in [0.1, 0.15) is 17.1 Å². The zero-order valence-corrected chi connectivity index (χ0v) is 14.8. The Morgan fingerprint density at radius 2 is 1.92 bits per heavy atom. The number of carbonyl (C=O) groups is 1. The van der Waals surface area contributed by atoms with Gasteiger partial charge in [-0.1, -0.05) is 11.6 Å². The topological polar surface area (TPSA) is 68.5 Å². The van der Waals surface area contributed by atoms with Crippen molar-refractivity contribution in [2.75, 3.05) is 5.32 Å². The number of fused-ring (bicyclic) bond motifs is 1. The molecule has 0 spiro atoms. The molecule has 1 heterocycles. The van der Waals surface area contributed by atoms with Gasteiger partial charge in [-0.3, -0.25) is 4.79 Å². The first-order chi connectivity index (χ1) is 12.3. The van der Waals surface area contributed by atoms with Crippen LogP contribution >= 0.6 is 11.6 Å². The number of nitrogens with one attached hydrogen (secondary N) is 1. The Balaban J connectivity index is 1.81. The van der Waals surface area contributed by atoms with E-state index in [9.17, 15) is 14.0 Å². The van der Waals surface area contributed by atoms with Crippen LogP contribution < -0.4 is 15.7 Å². The summed E-state index contributed by atoms with van der Waals surface area (Å²) >= 11 is 6.22. The van der Waals surface area contributed by atoms with Gasteiger partial charge in [0.25, 0.3) is 5.91 Å². The van der Waals surface area contributed by atoms with Gasteiger partial charge in [-0.05, 0) is 49.7 Å². The highest BCUT2D eigenvalue weighted by atomic mass is 35.5. The molecule has 0 radical (unpaired) electrons. The lowest BCUT2D eigenvalue weighted by Gasteiger charge is -2.16. The maximum absolute atomic E-state index is 12.9. The van der Waals surface area contributed by atoms with Crippen molar-refractivity contribution in [3.63, 3.8) is 0 Å². The Hall–Kier alpha value is -2.86. The van der Waals surface area contributed by atoms with Gasteiger partial charge in [-0.2, -0.15) is 0 Å². The lowest BCUT2D eigenvalue weighted by atomic mass is 10.1. The monoisotopic (exact) mass is 375 g/mol. The fourth-order valence-corrected chi connectivity index (χ4v) is 2.64. The summed E-state index contributed by atoms with van der Waals surface area (Å²) in [5.74, 6) is -0.611. The molecule has 0 saturated heterocycles. The van der Waals surface area contributed by atoms with Crippen LogP contribution in [-0.4, -0.2) is 12.0 Å². The number of benzene rings is 2. The first-order valence-corrected chi connectivity index (χ1v) is 8.18. The number of hydrogen-bond acceptors (Lipinski definition) is 4. The average Bonchev–Trinajstić information content (AvgIpc) is 2.58. The van der Waals surface area contributed by atoms with E-state index in [0.717, 1.165) is 5.56 Å². The Bertz CT molecular complexity index is 1030. The van der Waals surface area contributed by atoms with Crippen molar-refractivity contribution in [2.24, 2.45) is 0 Å². The number of ether oxygens (including phenoxy) is 1. The van der Waals surface area contributed by atoms with Gasteiger partial charge in [0.15, 0.2) is 6.10 Å². The molecule has 0 aliphatic carbocycles. The number of hydrogen-bond donors (Lipinski definition) is 1. The van der Waals surface area contributed by atoms with Crippen LogP contribution in [0.4, 0.5) is 10.1 Å². The maximum Gasteiger partial charge on any atom is 0.336 e. The van der Waals surface area contributed by atoms with Gasteiger partial charge in [0.2, 0.25) is 0 Å². The number of amides is 1. The molecule has 3 rings (SSSR count). The van der Waals surface area contributed by atoms with Crippen LogP contribution in [0.15, 0.2) is 51.7 Å². The molecule has 0 bridgehead atoms. The SMILES string of the molecule is Cc1cc(=O)oc2cc(O[C@H](C)C(=O)Nc3ccc(F)cc3)c(Cl)cc12. The fourth-order valence-electron chi connectivity index (χ4n) is 2.43. The van der Waals surface area contributed by atoms with Crippen LogP contribution in [-0.2, 0) is 4.79 Å². The van der Waals surface area contributed by atoms with Gasteiger partial charge < -0.3 is 14.5 Å². The predicted octanol–water partition coefficient (Wildman–Crippen LogP) is 4.30. The molecule has 0 unspecified atom stereocenters. The molecule has 7 heteroatoms. The van der Waals surface area contributed by atoms with Gasteiger partial charge in [-0.15, -0.1) is 0 Å². The van der Waals surface area contributed by atoms with Gasteiger partial charge in [0.05, 0.1) is 5.02 Å². The highest BCUT2D eigenvalue weighted by Crippen LogP contribution is 2.31. The normalized spacial score (nSPS) is 12.0. The van der Waals surface area contributed by atoms with E-state index in [2.05, 4.69) is 5.32 Å². The molecule has 1 N–H and O–H groups in total. The second-order valence-corrected chi connectivity index (χ2v) is 6.19. The van der Waals surface area contributed by atoms with Gasteiger partial charge in [0, 0.05) is 23.2 Å². The average molecular weight is 376 g/mol. The Kier molecular flexibility index (Phi) is 4.95. The van der Waals surface area contributed by atoms with E-state index in [1.807, 2.05) is 0 Å². The molecule has 26 heavy (non-hydrogen) atoms.